The van der Waals surface area contributed by atoms with Crippen LogP contribution >= 0.6 is 0 Å². The lowest BCUT2D eigenvalue weighted by Crippen LogP contribution is -2.18. The molecule has 1 heterocycles. The summed E-state index contributed by atoms with van der Waals surface area (Å²) in [4.78, 5) is 23.8. The molecular formula is C39H47FN2O10. The molecule has 0 radical (unpaired) electrons. The molecule has 0 bridgehead atoms. The van der Waals surface area contributed by atoms with E-state index in [-0.39, 0.29) is 17.3 Å². The van der Waals surface area contributed by atoms with E-state index >= 15 is 0 Å². The fourth-order valence-corrected chi connectivity index (χ4v) is 5.49. The van der Waals surface area contributed by atoms with Crippen LogP contribution in [-0.2, 0) is 35.0 Å². The van der Waals surface area contributed by atoms with Crippen molar-refractivity contribution in [2.45, 2.75) is 25.4 Å². The van der Waals surface area contributed by atoms with Gasteiger partial charge in [0.15, 0.2) is 0 Å². The van der Waals surface area contributed by atoms with Crippen LogP contribution < -0.4 is 10.6 Å². The number of anilines is 1. The van der Waals surface area contributed by atoms with Gasteiger partial charge in [-0.2, -0.15) is 0 Å². The second-order valence-corrected chi connectivity index (χ2v) is 12.1. The van der Waals surface area contributed by atoms with E-state index in [1.807, 2.05) is 12.1 Å². The molecule has 3 aromatic carbocycles. The average molecular weight is 723 g/mol. The number of rotatable bonds is 25. The molecule has 1 aromatic heterocycles. The number of benzene rings is 3. The predicted molar refractivity (Wildman–Crippen MR) is 193 cm³/mol. The van der Waals surface area contributed by atoms with Crippen molar-refractivity contribution in [1.82, 2.24) is 5.32 Å². The lowest BCUT2D eigenvalue weighted by molar-refractivity contribution is -0.0173. The van der Waals surface area contributed by atoms with E-state index in [4.69, 9.17) is 37.9 Å². The fraction of sp³-hybridized carbons (Fsp3) is 0.436. The van der Waals surface area contributed by atoms with Crippen molar-refractivity contribution in [3.8, 4) is 11.3 Å². The van der Waals surface area contributed by atoms with Gasteiger partial charge in [-0.25, -0.2) is 9.18 Å². The zero-order valence-electron chi connectivity index (χ0n) is 29.5. The first-order valence-corrected chi connectivity index (χ1v) is 17.6. The van der Waals surface area contributed by atoms with Gasteiger partial charge in [0.2, 0.25) is 0 Å². The lowest BCUT2D eigenvalue weighted by atomic mass is 10.0. The molecule has 0 unspecified atom stereocenters. The minimum absolute atomic E-state index is 0.250. The summed E-state index contributed by atoms with van der Waals surface area (Å²) < 4.78 is 53.2. The van der Waals surface area contributed by atoms with Gasteiger partial charge in [0.1, 0.15) is 17.2 Å². The van der Waals surface area contributed by atoms with Crippen LogP contribution in [0.4, 0.5) is 10.1 Å². The van der Waals surface area contributed by atoms with E-state index in [9.17, 15) is 14.0 Å². The van der Waals surface area contributed by atoms with Crippen molar-refractivity contribution >= 4 is 28.5 Å². The van der Waals surface area contributed by atoms with E-state index in [1.165, 1.54) is 12.1 Å². The molecule has 0 atom stereocenters. The Kier molecular flexibility index (Phi) is 15.4. The van der Waals surface area contributed by atoms with Crippen LogP contribution in [0.1, 0.15) is 50.6 Å². The molecule has 3 N–H and O–H groups in total. The number of furan rings is 1. The number of carbonyl (C=O) groups excluding carboxylic acids is 1. The van der Waals surface area contributed by atoms with Crippen LogP contribution in [0.25, 0.3) is 22.3 Å². The number of hydrogen-bond donors (Lipinski definition) is 3. The quantitative estimate of drug-likeness (QED) is 0.0705. The summed E-state index contributed by atoms with van der Waals surface area (Å²) in [6, 6.07) is 16.5. The first kappa shape index (κ1) is 38.9. The van der Waals surface area contributed by atoms with E-state index in [1.54, 1.807) is 43.4 Å². The number of aromatic carboxylic acids is 1. The summed E-state index contributed by atoms with van der Waals surface area (Å²) in [7, 11) is 1.59. The molecule has 1 aliphatic rings. The number of carboxylic acids is 1. The maximum absolute atomic E-state index is 13.6. The first-order valence-electron chi connectivity index (χ1n) is 17.6. The van der Waals surface area contributed by atoms with Crippen LogP contribution in [0.3, 0.4) is 0 Å². The van der Waals surface area contributed by atoms with E-state index < -0.39 is 5.97 Å². The van der Waals surface area contributed by atoms with Crippen molar-refractivity contribution in [2.24, 2.45) is 0 Å². The van der Waals surface area contributed by atoms with Gasteiger partial charge in [-0.05, 0) is 72.4 Å². The number of hydrogen-bond acceptors (Lipinski definition) is 10. The highest BCUT2D eigenvalue weighted by Crippen LogP contribution is 2.46. The van der Waals surface area contributed by atoms with Gasteiger partial charge in [-0.15, -0.1) is 0 Å². The third-order valence-electron chi connectivity index (χ3n) is 8.33. The Balaban J connectivity index is 0.882. The molecule has 5 rings (SSSR count). The number of fused-ring (bicyclic) bond motifs is 1. The zero-order chi connectivity index (χ0) is 36.5. The highest BCUT2D eigenvalue weighted by Gasteiger charge is 2.29. The van der Waals surface area contributed by atoms with E-state index in [0.717, 1.165) is 35.0 Å². The molecular weight excluding hydrogens is 675 g/mol. The molecule has 4 aromatic rings. The molecule has 13 heteroatoms. The van der Waals surface area contributed by atoms with Crippen LogP contribution in [0.5, 0.6) is 0 Å². The smallest absolute Gasteiger partial charge is 0.335 e. The molecule has 0 saturated heterocycles. The topological polar surface area (TPSA) is 147 Å². The Labute approximate surface area is 302 Å². The minimum atomic E-state index is -0.949. The van der Waals surface area contributed by atoms with Crippen molar-refractivity contribution in [3.63, 3.8) is 0 Å². The summed E-state index contributed by atoms with van der Waals surface area (Å²) in [5.41, 5.74) is 4.92. The predicted octanol–water partition coefficient (Wildman–Crippen LogP) is 5.89. The zero-order valence-corrected chi connectivity index (χ0v) is 29.5. The second-order valence-electron chi connectivity index (χ2n) is 12.1. The summed E-state index contributed by atoms with van der Waals surface area (Å²) in [6.07, 6.45) is 2.18. The van der Waals surface area contributed by atoms with Crippen LogP contribution in [0, 0.1) is 5.82 Å². The maximum Gasteiger partial charge on any atom is 0.335 e. The number of ether oxygens (including phenoxy) is 6. The third kappa shape index (κ3) is 11.8. The number of carboxylic acid groups (broad SMARTS) is 1. The number of halogens is 1. The van der Waals surface area contributed by atoms with Gasteiger partial charge in [-0.1, -0.05) is 12.1 Å². The number of carbonyl (C=O) groups is 2. The van der Waals surface area contributed by atoms with Gasteiger partial charge in [0.25, 0.3) is 5.91 Å². The van der Waals surface area contributed by atoms with Gasteiger partial charge in [-0.3, -0.25) is 4.79 Å². The normalized spacial score (nSPS) is 12.7. The minimum Gasteiger partial charge on any atom is -0.478 e. The molecule has 1 fully saturated rings. The Morgan fingerprint density at radius 2 is 1.33 bits per heavy atom. The van der Waals surface area contributed by atoms with Crippen LogP contribution in [-0.4, -0.2) is 103 Å². The van der Waals surface area contributed by atoms with Gasteiger partial charge < -0.3 is 48.6 Å². The number of nitrogens with one attached hydrogen (secondary N) is 2. The third-order valence-corrected chi connectivity index (χ3v) is 8.33. The summed E-state index contributed by atoms with van der Waals surface area (Å²) in [5, 5.41) is 15.9. The lowest BCUT2D eigenvalue weighted by Gasteiger charge is -2.13. The van der Waals surface area contributed by atoms with Crippen LogP contribution in [0.15, 0.2) is 65.1 Å². The molecule has 0 aliphatic heterocycles. The van der Waals surface area contributed by atoms with Gasteiger partial charge >= 0.3 is 5.97 Å². The maximum atomic E-state index is 13.6. The van der Waals surface area contributed by atoms with Crippen molar-refractivity contribution in [1.29, 1.82) is 0 Å². The molecule has 1 saturated carbocycles. The molecule has 0 spiro atoms. The standard InChI is InChI=1S/C39H47FN2O10/c1-41-38(43)36-33-24-32(28-6-7-28)34(25-35(33)52-37(36)29-8-10-31(40)11-9-29)42-12-13-46-14-15-47-16-17-48-18-19-49-20-21-50-22-23-51-26-27-2-4-30(5-3-27)39(44)45/h2-5,8-11,24-25,28,42H,6-7,12-23,26H2,1H3,(H,41,43)(H,44,45). The van der Waals surface area contributed by atoms with Crippen molar-refractivity contribution in [3.05, 3.63) is 88.7 Å². The highest BCUT2D eigenvalue weighted by atomic mass is 19.1. The largest absolute Gasteiger partial charge is 0.478 e. The first-order chi connectivity index (χ1) is 25.4. The molecule has 1 aliphatic carbocycles. The molecule has 1 amide bonds. The Hall–Kier alpha value is -4.37. The van der Waals surface area contributed by atoms with Gasteiger partial charge in [0.05, 0.1) is 90.4 Å². The summed E-state index contributed by atoms with van der Waals surface area (Å²) in [6.45, 7) is 6.01. The Bertz CT molecular complexity index is 1710. The fourth-order valence-electron chi connectivity index (χ4n) is 5.49. The Morgan fingerprint density at radius 3 is 1.87 bits per heavy atom. The molecule has 52 heavy (non-hydrogen) atoms. The van der Waals surface area contributed by atoms with E-state index in [2.05, 4.69) is 10.6 Å². The average Bonchev–Trinajstić information content (AvgIpc) is 3.94. The second kappa shape index (κ2) is 20.6. The monoisotopic (exact) mass is 722 g/mol. The van der Waals surface area contributed by atoms with E-state index in [0.29, 0.717) is 114 Å². The van der Waals surface area contributed by atoms with Crippen molar-refractivity contribution in [2.75, 3.05) is 91.6 Å². The van der Waals surface area contributed by atoms with Crippen LogP contribution in [0.2, 0.25) is 0 Å². The summed E-state index contributed by atoms with van der Waals surface area (Å²) >= 11 is 0. The van der Waals surface area contributed by atoms with Gasteiger partial charge in [0, 0.05) is 36.3 Å². The SMILES string of the molecule is CNC(=O)c1c(-c2ccc(F)cc2)oc2cc(NCCOCCOCCOCCOCCOCCOCc3ccc(C(=O)O)cc3)c(C3CC3)cc12. The summed E-state index contributed by atoms with van der Waals surface area (Å²) in [5.74, 6) is -0.719. The highest BCUT2D eigenvalue weighted by molar-refractivity contribution is 6.11. The molecule has 12 nitrogen and oxygen atoms in total. The number of amides is 1. The molecule has 280 valence electrons. The Morgan fingerprint density at radius 1 is 0.769 bits per heavy atom. The van der Waals surface area contributed by atoms with Crippen molar-refractivity contribution < 1.29 is 51.9 Å².